The molecule has 0 radical (unpaired) electrons. The van der Waals surface area contributed by atoms with Crippen molar-refractivity contribution in [3.05, 3.63) is 69.1 Å². The van der Waals surface area contributed by atoms with Crippen molar-refractivity contribution in [3.63, 3.8) is 0 Å². The minimum absolute atomic E-state index is 0.0195. The summed E-state index contributed by atoms with van der Waals surface area (Å²) in [6, 6.07) is 7.47. The third kappa shape index (κ3) is 6.05. The van der Waals surface area contributed by atoms with Crippen LogP contribution in [0.15, 0.2) is 41.3 Å². The maximum Gasteiger partial charge on any atom is 0.410 e. The largest absolute Gasteiger partial charge is 0.444 e. The molecule has 4 heterocycles. The molecule has 1 saturated heterocycles. The second kappa shape index (κ2) is 11.9. The van der Waals surface area contributed by atoms with Crippen molar-refractivity contribution in [2.75, 3.05) is 23.7 Å². The molecular weight excluding hydrogens is 597 g/mol. The van der Waals surface area contributed by atoms with Gasteiger partial charge in [-0.2, -0.15) is 4.98 Å². The third-order valence-corrected chi connectivity index (χ3v) is 8.21. The molecule has 0 spiro atoms. The van der Waals surface area contributed by atoms with E-state index in [1.54, 1.807) is 23.2 Å². The lowest BCUT2D eigenvalue weighted by Crippen LogP contribution is -2.59. The fourth-order valence-corrected chi connectivity index (χ4v) is 5.99. The first-order valence-corrected chi connectivity index (χ1v) is 15.4. The first-order valence-electron chi connectivity index (χ1n) is 15.0. The van der Waals surface area contributed by atoms with Crippen LogP contribution in [0.3, 0.4) is 0 Å². The summed E-state index contributed by atoms with van der Waals surface area (Å²) in [5.74, 6) is -0.238. The summed E-state index contributed by atoms with van der Waals surface area (Å²) in [4.78, 5) is 45.0. The highest BCUT2D eigenvalue weighted by Gasteiger charge is 2.36. The van der Waals surface area contributed by atoms with Crippen LogP contribution in [-0.2, 0) is 4.74 Å². The van der Waals surface area contributed by atoms with Crippen LogP contribution in [0.4, 0.5) is 20.7 Å². The first-order chi connectivity index (χ1) is 21.1. The van der Waals surface area contributed by atoms with Gasteiger partial charge in [0.2, 0.25) is 0 Å². The molecule has 10 nitrogen and oxygen atoms in total. The minimum Gasteiger partial charge on any atom is -0.444 e. The molecule has 1 aliphatic heterocycles. The van der Waals surface area contributed by atoms with Crippen molar-refractivity contribution in [2.24, 2.45) is 0 Å². The summed E-state index contributed by atoms with van der Waals surface area (Å²) in [5.41, 5.74) is 7.74. The van der Waals surface area contributed by atoms with Gasteiger partial charge in [-0.05, 0) is 71.2 Å². The van der Waals surface area contributed by atoms with Crippen LogP contribution in [0, 0.1) is 12.7 Å². The topological polar surface area (TPSA) is 119 Å². The Balaban J connectivity index is 1.76. The molecule has 238 valence electrons. The standard InChI is InChI=1S/C33H39ClFN7O3/c1-17(2)26-28(18(3)12-13-37-26)42-30-22(14-23(34)27(38-30)21-10-9-11-24(35)25(21)36)29(39-31(42)43)40-15-20(5)41(16-19(40)4)32(44)45-33(6,7)8/h9-14,17,19-20H,15-16,36H2,1-8H3/t19-,20+/m0/s1. The number of hydrogen-bond acceptors (Lipinski definition) is 8. The van der Waals surface area contributed by atoms with E-state index in [2.05, 4.69) is 9.97 Å². The van der Waals surface area contributed by atoms with Gasteiger partial charge >= 0.3 is 11.8 Å². The molecule has 1 fully saturated rings. The number of rotatable bonds is 4. The number of anilines is 2. The highest BCUT2D eigenvalue weighted by atomic mass is 35.5. The highest BCUT2D eigenvalue weighted by Crippen LogP contribution is 2.38. The number of para-hydroxylation sites is 1. The summed E-state index contributed by atoms with van der Waals surface area (Å²) in [6.45, 7) is 16.0. The summed E-state index contributed by atoms with van der Waals surface area (Å²) in [6.07, 6.45) is 1.31. The van der Waals surface area contributed by atoms with Crippen LogP contribution in [0.2, 0.25) is 5.02 Å². The van der Waals surface area contributed by atoms with Crippen molar-refractivity contribution < 1.29 is 13.9 Å². The second-order valence-corrected chi connectivity index (χ2v) is 13.4. The highest BCUT2D eigenvalue weighted by molar-refractivity contribution is 6.34. The number of hydrogen-bond donors (Lipinski definition) is 1. The Morgan fingerprint density at radius 2 is 1.84 bits per heavy atom. The van der Waals surface area contributed by atoms with Gasteiger partial charge in [0.05, 0.1) is 33.2 Å². The van der Waals surface area contributed by atoms with Gasteiger partial charge in [0.1, 0.15) is 17.2 Å². The average molecular weight is 636 g/mol. The van der Waals surface area contributed by atoms with Crippen LogP contribution < -0.4 is 16.3 Å². The predicted octanol–water partition coefficient (Wildman–Crippen LogP) is 6.48. The molecule has 1 aliphatic rings. The molecule has 12 heteroatoms. The Morgan fingerprint density at radius 3 is 2.51 bits per heavy atom. The molecule has 45 heavy (non-hydrogen) atoms. The summed E-state index contributed by atoms with van der Waals surface area (Å²) in [7, 11) is 0. The molecule has 1 aromatic carbocycles. The lowest BCUT2D eigenvalue weighted by atomic mass is 10.0. The van der Waals surface area contributed by atoms with Gasteiger partial charge in [-0.1, -0.05) is 37.6 Å². The number of carbonyl (C=O) groups excluding carboxylic acids is 1. The molecular formula is C33H39ClFN7O3. The second-order valence-electron chi connectivity index (χ2n) is 12.9. The van der Waals surface area contributed by atoms with E-state index in [4.69, 9.17) is 27.1 Å². The van der Waals surface area contributed by atoms with Crippen molar-refractivity contribution >= 4 is 40.2 Å². The molecule has 4 aromatic rings. The number of aryl methyl sites for hydroxylation is 1. The number of nitrogens with zero attached hydrogens (tertiary/aromatic N) is 6. The zero-order chi connectivity index (χ0) is 33.0. The number of ether oxygens (including phenoxy) is 1. The van der Waals surface area contributed by atoms with E-state index in [0.717, 1.165) is 5.56 Å². The van der Waals surface area contributed by atoms with E-state index < -0.39 is 23.2 Å². The monoisotopic (exact) mass is 635 g/mol. The van der Waals surface area contributed by atoms with Gasteiger partial charge in [-0.15, -0.1) is 0 Å². The average Bonchev–Trinajstić information content (AvgIpc) is 2.94. The van der Waals surface area contributed by atoms with Gasteiger partial charge < -0.3 is 20.3 Å². The van der Waals surface area contributed by atoms with E-state index in [1.165, 1.54) is 16.7 Å². The Kier molecular flexibility index (Phi) is 8.52. The molecule has 0 saturated carbocycles. The lowest BCUT2D eigenvalue weighted by Gasteiger charge is -2.44. The van der Waals surface area contributed by atoms with Crippen LogP contribution in [0.1, 0.15) is 65.6 Å². The van der Waals surface area contributed by atoms with E-state index in [1.807, 2.05) is 66.4 Å². The van der Waals surface area contributed by atoms with Crippen molar-refractivity contribution in [2.45, 2.75) is 79.0 Å². The zero-order valence-corrected chi connectivity index (χ0v) is 27.6. The predicted molar refractivity (Wildman–Crippen MR) is 176 cm³/mol. The Hall–Kier alpha value is -4.25. The maximum atomic E-state index is 14.6. The number of piperazine rings is 1. The number of amides is 1. The smallest absolute Gasteiger partial charge is 0.410 e. The molecule has 5 rings (SSSR count). The van der Waals surface area contributed by atoms with Crippen molar-refractivity contribution in [1.29, 1.82) is 0 Å². The SMILES string of the molecule is Cc1ccnc(C(C)C)c1-n1c(=O)nc(N2C[C@@H](C)N(C(=O)OC(C)(C)C)C[C@@H]2C)c2cc(Cl)c(-c3cccc(F)c3N)nc21. The molecule has 0 unspecified atom stereocenters. The van der Waals surface area contributed by atoms with Gasteiger partial charge in [-0.25, -0.2) is 23.5 Å². The number of carbonyl (C=O) groups is 1. The van der Waals surface area contributed by atoms with Crippen LogP contribution >= 0.6 is 11.6 Å². The van der Waals surface area contributed by atoms with Crippen LogP contribution in [0.25, 0.3) is 28.0 Å². The van der Waals surface area contributed by atoms with Crippen LogP contribution in [-0.4, -0.2) is 61.3 Å². The van der Waals surface area contributed by atoms with E-state index in [9.17, 15) is 14.0 Å². The maximum absolute atomic E-state index is 14.6. The van der Waals surface area contributed by atoms with Gasteiger partial charge in [-0.3, -0.25) is 4.98 Å². The van der Waals surface area contributed by atoms with E-state index in [0.29, 0.717) is 41.2 Å². The van der Waals surface area contributed by atoms with Gasteiger partial charge in [0, 0.05) is 36.9 Å². The van der Waals surface area contributed by atoms with Crippen molar-refractivity contribution in [1.82, 2.24) is 24.4 Å². The number of halogens is 2. The fourth-order valence-electron chi connectivity index (χ4n) is 5.74. The Bertz CT molecular complexity index is 1850. The molecule has 3 aromatic heterocycles. The number of nitrogens with two attached hydrogens (primary N) is 1. The number of nitrogen functional groups attached to an aromatic ring is 1. The number of aromatic nitrogens is 4. The molecule has 2 N–H and O–H groups in total. The van der Waals surface area contributed by atoms with Crippen molar-refractivity contribution in [3.8, 4) is 16.9 Å². The first kappa shape index (κ1) is 32.2. The molecule has 1 amide bonds. The summed E-state index contributed by atoms with van der Waals surface area (Å²) in [5, 5.41) is 0.731. The number of pyridine rings is 2. The van der Waals surface area contributed by atoms with Gasteiger partial charge in [0.25, 0.3) is 0 Å². The lowest BCUT2D eigenvalue weighted by molar-refractivity contribution is 0.0130. The molecule has 2 atom stereocenters. The Labute approximate surface area is 267 Å². The van der Waals surface area contributed by atoms with Crippen LogP contribution in [0.5, 0.6) is 0 Å². The normalized spacial score (nSPS) is 17.3. The quantitative estimate of drug-likeness (QED) is 0.253. The number of benzene rings is 1. The van der Waals surface area contributed by atoms with Gasteiger partial charge in [0.15, 0.2) is 5.65 Å². The minimum atomic E-state index is -0.635. The zero-order valence-electron chi connectivity index (χ0n) is 26.9. The molecule has 0 bridgehead atoms. The molecule has 0 aliphatic carbocycles. The summed E-state index contributed by atoms with van der Waals surface area (Å²) >= 11 is 6.86. The van der Waals surface area contributed by atoms with E-state index >= 15 is 0 Å². The summed E-state index contributed by atoms with van der Waals surface area (Å²) < 4.78 is 21.7. The Morgan fingerprint density at radius 1 is 1.13 bits per heavy atom. The third-order valence-electron chi connectivity index (χ3n) is 7.92. The van der Waals surface area contributed by atoms with E-state index in [-0.39, 0.29) is 40.1 Å². The number of fused-ring (bicyclic) bond motifs is 1. The fraction of sp³-hybridized carbons (Fsp3) is 0.424.